The van der Waals surface area contributed by atoms with E-state index in [4.69, 9.17) is 0 Å². The Morgan fingerprint density at radius 1 is 1.00 bits per heavy atom. The summed E-state index contributed by atoms with van der Waals surface area (Å²) in [7, 11) is -3.63. The number of hydrogen-bond acceptors (Lipinski definition) is 4. The summed E-state index contributed by atoms with van der Waals surface area (Å²) in [5, 5.41) is 0. The first-order valence-electron chi connectivity index (χ1n) is 9.12. The third-order valence-corrected chi connectivity index (χ3v) is 6.10. The summed E-state index contributed by atoms with van der Waals surface area (Å²) < 4.78 is 39.8. The number of halogens is 1. The van der Waals surface area contributed by atoms with Gasteiger partial charge in [0.2, 0.25) is 15.9 Å². The van der Waals surface area contributed by atoms with E-state index < -0.39 is 16.1 Å². The highest BCUT2D eigenvalue weighted by Crippen LogP contribution is 2.23. The highest BCUT2D eigenvalue weighted by molar-refractivity contribution is 7.92. The second-order valence-electron chi connectivity index (χ2n) is 6.83. The van der Waals surface area contributed by atoms with Gasteiger partial charge < -0.3 is 9.80 Å². The van der Waals surface area contributed by atoms with Gasteiger partial charge in [-0.1, -0.05) is 30.3 Å². The van der Waals surface area contributed by atoms with E-state index in [0.29, 0.717) is 37.6 Å². The van der Waals surface area contributed by atoms with Gasteiger partial charge in [-0.3, -0.25) is 9.10 Å². The van der Waals surface area contributed by atoms with Crippen LogP contribution in [0.1, 0.15) is 6.92 Å². The zero-order valence-corrected chi connectivity index (χ0v) is 16.8. The van der Waals surface area contributed by atoms with Crippen LogP contribution in [0.5, 0.6) is 0 Å². The molecule has 28 heavy (non-hydrogen) atoms. The second-order valence-corrected chi connectivity index (χ2v) is 8.69. The van der Waals surface area contributed by atoms with Crippen molar-refractivity contribution in [2.45, 2.75) is 13.0 Å². The van der Waals surface area contributed by atoms with Crippen LogP contribution in [0.25, 0.3) is 0 Å². The molecule has 0 aliphatic carbocycles. The molecule has 0 aromatic heterocycles. The van der Waals surface area contributed by atoms with Crippen LogP contribution >= 0.6 is 0 Å². The van der Waals surface area contributed by atoms with Crippen molar-refractivity contribution in [2.24, 2.45) is 0 Å². The largest absolute Gasteiger partial charge is 0.366 e. The Kier molecular flexibility index (Phi) is 5.88. The van der Waals surface area contributed by atoms with Gasteiger partial charge in [0, 0.05) is 26.2 Å². The quantitative estimate of drug-likeness (QED) is 0.766. The average molecular weight is 405 g/mol. The van der Waals surface area contributed by atoms with Gasteiger partial charge in [0.05, 0.1) is 17.6 Å². The molecule has 150 valence electrons. The maximum atomic E-state index is 14.0. The van der Waals surface area contributed by atoms with Crippen molar-refractivity contribution in [1.82, 2.24) is 4.90 Å². The smallest absolute Gasteiger partial charge is 0.246 e. The molecule has 8 heteroatoms. The summed E-state index contributed by atoms with van der Waals surface area (Å²) in [6, 6.07) is 14.3. The van der Waals surface area contributed by atoms with E-state index in [1.54, 1.807) is 60.4 Å². The Morgan fingerprint density at radius 2 is 1.57 bits per heavy atom. The molecule has 1 aliphatic rings. The summed E-state index contributed by atoms with van der Waals surface area (Å²) in [5.41, 5.74) is 0.973. The molecule has 2 aromatic carbocycles. The molecule has 0 radical (unpaired) electrons. The first-order chi connectivity index (χ1) is 13.3. The lowest BCUT2D eigenvalue weighted by atomic mass is 10.2. The van der Waals surface area contributed by atoms with E-state index in [9.17, 15) is 17.6 Å². The number of rotatable bonds is 5. The van der Waals surface area contributed by atoms with Gasteiger partial charge in [-0.05, 0) is 31.2 Å². The Hall–Kier alpha value is -2.61. The molecule has 6 nitrogen and oxygen atoms in total. The fraction of sp³-hybridized carbons (Fsp3) is 0.350. The first kappa shape index (κ1) is 20.1. The number of anilines is 2. The molecule has 1 saturated heterocycles. The fourth-order valence-electron chi connectivity index (χ4n) is 3.52. The van der Waals surface area contributed by atoms with Crippen LogP contribution < -0.4 is 9.21 Å². The van der Waals surface area contributed by atoms with Crippen molar-refractivity contribution in [3.63, 3.8) is 0 Å². The van der Waals surface area contributed by atoms with Crippen LogP contribution in [0, 0.1) is 5.82 Å². The predicted molar refractivity (Wildman–Crippen MR) is 108 cm³/mol. The van der Waals surface area contributed by atoms with Crippen molar-refractivity contribution in [3.8, 4) is 0 Å². The highest BCUT2D eigenvalue weighted by atomic mass is 32.2. The van der Waals surface area contributed by atoms with Crippen molar-refractivity contribution in [1.29, 1.82) is 0 Å². The summed E-state index contributed by atoms with van der Waals surface area (Å²) in [6.07, 6.45) is 1.10. The molecule has 3 rings (SSSR count). The molecule has 0 unspecified atom stereocenters. The number of carbonyl (C=O) groups excluding carboxylic acids is 1. The van der Waals surface area contributed by atoms with E-state index in [1.165, 1.54) is 6.07 Å². The number of hydrogen-bond donors (Lipinski definition) is 0. The molecule has 2 aromatic rings. The lowest BCUT2D eigenvalue weighted by Crippen LogP contribution is -2.55. The summed E-state index contributed by atoms with van der Waals surface area (Å²) in [6.45, 7) is 3.39. The highest BCUT2D eigenvalue weighted by Gasteiger charge is 2.33. The maximum Gasteiger partial charge on any atom is 0.246 e. The Bertz CT molecular complexity index is 929. The molecule has 0 saturated carbocycles. The third kappa shape index (κ3) is 4.27. The molecule has 1 aliphatic heterocycles. The summed E-state index contributed by atoms with van der Waals surface area (Å²) in [4.78, 5) is 16.5. The second kappa shape index (κ2) is 8.18. The van der Waals surface area contributed by atoms with E-state index in [0.717, 1.165) is 10.6 Å². The van der Waals surface area contributed by atoms with E-state index in [2.05, 4.69) is 0 Å². The number of para-hydroxylation sites is 2. The first-order valence-corrected chi connectivity index (χ1v) is 11.0. The lowest BCUT2D eigenvalue weighted by Gasteiger charge is -2.39. The summed E-state index contributed by atoms with van der Waals surface area (Å²) >= 11 is 0. The third-order valence-electron chi connectivity index (χ3n) is 4.86. The monoisotopic (exact) mass is 405 g/mol. The van der Waals surface area contributed by atoms with Gasteiger partial charge in [-0.25, -0.2) is 12.8 Å². The Labute approximate surface area is 165 Å². The minimum Gasteiger partial charge on any atom is -0.366 e. The zero-order chi connectivity index (χ0) is 20.3. The topological polar surface area (TPSA) is 60.9 Å². The average Bonchev–Trinajstić information content (AvgIpc) is 2.68. The molecule has 0 bridgehead atoms. The van der Waals surface area contributed by atoms with Crippen LogP contribution in [0.2, 0.25) is 0 Å². The number of piperazine rings is 1. The van der Waals surface area contributed by atoms with Crippen molar-refractivity contribution in [3.05, 3.63) is 60.4 Å². The minimum absolute atomic E-state index is 0.262. The number of nitrogens with zero attached hydrogens (tertiary/aromatic N) is 3. The van der Waals surface area contributed by atoms with Gasteiger partial charge in [0.25, 0.3) is 0 Å². The molecule has 1 amide bonds. The number of benzene rings is 2. The van der Waals surface area contributed by atoms with Gasteiger partial charge in [-0.15, -0.1) is 0 Å². The maximum absolute atomic E-state index is 14.0. The molecule has 1 heterocycles. The van der Waals surface area contributed by atoms with E-state index in [1.807, 2.05) is 4.90 Å². The van der Waals surface area contributed by atoms with Gasteiger partial charge in [0.1, 0.15) is 11.9 Å². The van der Waals surface area contributed by atoms with Gasteiger partial charge in [-0.2, -0.15) is 0 Å². The van der Waals surface area contributed by atoms with Crippen LogP contribution in [-0.2, 0) is 14.8 Å². The van der Waals surface area contributed by atoms with E-state index >= 15 is 0 Å². The number of amides is 1. The zero-order valence-electron chi connectivity index (χ0n) is 16.0. The number of carbonyl (C=O) groups is 1. The van der Waals surface area contributed by atoms with Crippen LogP contribution in [0.3, 0.4) is 0 Å². The molecule has 1 atom stereocenters. The van der Waals surface area contributed by atoms with Crippen molar-refractivity contribution >= 4 is 27.3 Å². The van der Waals surface area contributed by atoms with Crippen LogP contribution in [0.15, 0.2) is 54.6 Å². The summed E-state index contributed by atoms with van der Waals surface area (Å²) in [5.74, 6) is -0.551. The minimum atomic E-state index is -3.63. The Morgan fingerprint density at radius 3 is 2.14 bits per heavy atom. The molecule has 0 N–H and O–H groups in total. The molecule has 1 fully saturated rings. The molecule has 0 spiro atoms. The van der Waals surface area contributed by atoms with Gasteiger partial charge in [0.15, 0.2) is 0 Å². The normalized spacial score (nSPS) is 16.0. The van der Waals surface area contributed by atoms with Crippen molar-refractivity contribution < 1.29 is 17.6 Å². The molecular weight excluding hydrogens is 381 g/mol. The standard InChI is InChI=1S/C20H24FN3O3S/c1-16(24(28(2,26)27)17-8-4-3-5-9-17)20(25)23-14-12-22(13-15-23)19-11-7-6-10-18(19)21/h3-11,16H,12-15H2,1-2H3/t16-/m0/s1. The Balaban J connectivity index is 1.72. The van der Waals surface area contributed by atoms with Crippen LogP contribution in [-0.4, -0.2) is 57.7 Å². The SMILES string of the molecule is C[C@@H](C(=O)N1CCN(c2ccccc2F)CC1)N(c1ccccc1)S(C)(=O)=O. The van der Waals surface area contributed by atoms with E-state index in [-0.39, 0.29) is 11.7 Å². The lowest BCUT2D eigenvalue weighted by molar-refractivity contribution is -0.132. The molecular formula is C20H24FN3O3S. The fourth-order valence-corrected chi connectivity index (χ4v) is 4.69. The predicted octanol–water partition coefficient (Wildman–Crippen LogP) is 2.33. The number of sulfonamides is 1. The van der Waals surface area contributed by atoms with Gasteiger partial charge >= 0.3 is 0 Å². The van der Waals surface area contributed by atoms with Crippen LogP contribution in [0.4, 0.5) is 15.8 Å². The van der Waals surface area contributed by atoms with Crippen molar-refractivity contribution in [2.75, 3.05) is 41.6 Å².